The van der Waals surface area contributed by atoms with Crippen molar-refractivity contribution in [1.29, 1.82) is 0 Å². The maximum Gasteiger partial charge on any atom is 0.305 e. The smallest absolute Gasteiger partial charge is 0.305 e. The van der Waals surface area contributed by atoms with E-state index in [2.05, 4.69) is 41.3 Å². The molecular formula is C19H38N4O2. The van der Waals surface area contributed by atoms with E-state index >= 15 is 0 Å². The zero-order valence-electron chi connectivity index (χ0n) is 16.8. The van der Waals surface area contributed by atoms with Crippen LogP contribution in [0.3, 0.4) is 0 Å². The molecule has 0 aromatic carbocycles. The van der Waals surface area contributed by atoms with Crippen molar-refractivity contribution in [2.75, 3.05) is 33.3 Å². The van der Waals surface area contributed by atoms with Crippen LogP contribution in [-0.2, 0) is 9.53 Å². The predicted octanol–water partition coefficient (Wildman–Crippen LogP) is 2.39. The number of nitrogens with one attached hydrogen (secondary N) is 2. The molecule has 2 N–H and O–H groups in total. The SMILES string of the molecule is CCOC(=O)CCCCCCNC(=NC)NC1CN(C(C)C)CC1C. The largest absolute Gasteiger partial charge is 0.466 e. The Morgan fingerprint density at radius 2 is 1.96 bits per heavy atom. The predicted molar refractivity (Wildman–Crippen MR) is 104 cm³/mol. The summed E-state index contributed by atoms with van der Waals surface area (Å²) in [4.78, 5) is 18.1. The molecule has 1 rings (SSSR count). The minimum atomic E-state index is -0.0775. The number of carbonyl (C=O) groups is 1. The van der Waals surface area contributed by atoms with E-state index in [4.69, 9.17) is 4.74 Å². The van der Waals surface area contributed by atoms with E-state index in [0.717, 1.165) is 51.3 Å². The summed E-state index contributed by atoms with van der Waals surface area (Å²) in [7, 11) is 1.83. The van der Waals surface area contributed by atoms with E-state index in [1.807, 2.05) is 14.0 Å². The lowest BCUT2D eigenvalue weighted by Gasteiger charge is -2.22. The van der Waals surface area contributed by atoms with Gasteiger partial charge in [0.25, 0.3) is 0 Å². The zero-order chi connectivity index (χ0) is 18.7. The number of hydrogen-bond donors (Lipinski definition) is 2. The fourth-order valence-electron chi connectivity index (χ4n) is 3.17. The molecule has 0 aromatic rings. The van der Waals surface area contributed by atoms with Gasteiger partial charge in [-0.2, -0.15) is 0 Å². The van der Waals surface area contributed by atoms with Gasteiger partial charge in [0.05, 0.1) is 6.61 Å². The number of likely N-dealkylation sites (tertiary alicyclic amines) is 1. The Hall–Kier alpha value is -1.30. The van der Waals surface area contributed by atoms with Gasteiger partial charge in [0.15, 0.2) is 5.96 Å². The molecule has 0 spiro atoms. The molecule has 1 aliphatic rings. The van der Waals surface area contributed by atoms with E-state index in [1.54, 1.807) is 0 Å². The molecule has 0 aliphatic carbocycles. The number of carbonyl (C=O) groups excluding carboxylic acids is 1. The van der Waals surface area contributed by atoms with E-state index in [-0.39, 0.29) is 5.97 Å². The quantitative estimate of drug-likeness (QED) is 0.273. The highest BCUT2D eigenvalue weighted by molar-refractivity contribution is 5.80. The second-order valence-corrected chi connectivity index (χ2v) is 7.24. The molecule has 2 atom stereocenters. The summed E-state index contributed by atoms with van der Waals surface area (Å²) in [6.07, 6.45) is 4.72. The first kappa shape index (κ1) is 21.7. The summed E-state index contributed by atoms with van der Waals surface area (Å²) in [5, 5.41) is 6.98. The van der Waals surface area contributed by atoms with Crippen LogP contribution in [0.5, 0.6) is 0 Å². The third-order valence-electron chi connectivity index (χ3n) is 4.82. The molecule has 0 aromatic heterocycles. The molecule has 0 saturated carbocycles. The maximum atomic E-state index is 11.3. The highest BCUT2D eigenvalue weighted by Gasteiger charge is 2.31. The molecule has 6 heteroatoms. The van der Waals surface area contributed by atoms with E-state index in [0.29, 0.717) is 31.0 Å². The summed E-state index contributed by atoms with van der Waals surface area (Å²) in [5.74, 6) is 1.45. The molecule has 1 saturated heterocycles. The van der Waals surface area contributed by atoms with Crippen LogP contribution in [-0.4, -0.2) is 62.2 Å². The molecule has 2 unspecified atom stereocenters. The lowest BCUT2D eigenvalue weighted by molar-refractivity contribution is -0.143. The minimum Gasteiger partial charge on any atom is -0.466 e. The zero-order valence-corrected chi connectivity index (χ0v) is 16.8. The van der Waals surface area contributed by atoms with Gasteiger partial charge in [0, 0.05) is 45.2 Å². The number of hydrogen-bond acceptors (Lipinski definition) is 4. The molecule has 0 amide bonds. The number of esters is 1. The lowest BCUT2D eigenvalue weighted by atomic mass is 10.1. The third kappa shape index (κ3) is 8.56. The summed E-state index contributed by atoms with van der Waals surface area (Å²) in [5.41, 5.74) is 0. The monoisotopic (exact) mass is 354 g/mol. The van der Waals surface area contributed by atoms with Crippen molar-refractivity contribution in [1.82, 2.24) is 15.5 Å². The Kier molecular flexibility index (Phi) is 10.5. The number of ether oxygens (including phenoxy) is 1. The van der Waals surface area contributed by atoms with Gasteiger partial charge >= 0.3 is 5.97 Å². The minimum absolute atomic E-state index is 0.0775. The highest BCUT2D eigenvalue weighted by atomic mass is 16.5. The summed E-state index contributed by atoms with van der Waals surface area (Å²) in [6.45, 7) is 12.3. The Morgan fingerprint density at radius 3 is 2.56 bits per heavy atom. The Bertz CT molecular complexity index is 412. The molecule has 6 nitrogen and oxygen atoms in total. The van der Waals surface area contributed by atoms with Crippen molar-refractivity contribution in [3.05, 3.63) is 0 Å². The van der Waals surface area contributed by atoms with Crippen LogP contribution in [0.25, 0.3) is 0 Å². The van der Waals surface area contributed by atoms with Crippen molar-refractivity contribution < 1.29 is 9.53 Å². The van der Waals surface area contributed by atoms with Crippen LogP contribution >= 0.6 is 0 Å². The standard InChI is InChI=1S/C19H38N4O2/c1-6-25-18(24)11-9-7-8-10-12-21-19(20-5)22-17-14-23(15(2)3)13-16(17)4/h15-17H,6-14H2,1-5H3,(H2,20,21,22). The average Bonchev–Trinajstić information content (AvgIpc) is 2.94. The molecule has 1 aliphatic heterocycles. The van der Waals surface area contributed by atoms with Crippen LogP contribution in [0.2, 0.25) is 0 Å². The third-order valence-corrected chi connectivity index (χ3v) is 4.82. The van der Waals surface area contributed by atoms with Crippen LogP contribution in [0, 0.1) is 5.92 Å². The molecule has 146 valence electrons. The van der Waals surface area contributed by atoms with Crippen molar-refractivity contribution >= 4 is 11.9 Å². The molecule has 25 heavy (non-hydrogen) atoms. The first-order valence-electron chi connectivity index (χ1n) is 9.84. The summed E-state index contributed by atoms with van der Waals surface area (Å²) < 4.78 is 4.93. The fourth-order valence-corrected chi connectivity index (χ4v) is 3.17. The maximum absolute atomic E-state index is 11.3. The molecule has 0 bridgehead atoms. The Morgan fingerprint density at radius 1 is 1.24 bits per heavy atom. The Labute approximate surface area is 153 Å². The van der Waals surface area contributed by atoms with Gasteiger partial charge in [-0.25, -0.2) is 0 Å². The van der Waals surface area contributed by atoms with Gasteiger partial charge in [0.1, 0.15) is 0 Å². The average molecular weight is 355 g/mol. The molecule has 1 heterocycles. The van der Waals surface area contributed by atoms with Gasteiger partial charge in [-0.05, 0) is 39.5 Å². The van der Waals surface area contributed by atoms with E-state index in [9.17, 15) is 4.79 Å². The van der Waals surface area contributed by atoms with Crippen LogP contribution < -0.4 is 10.6 Å². The van der Waals surface area contributed by atoms with Crippen molar-refractivity contribution in [3.63, 3.8) is 0 Å². The topological polar surface area (TPSA) is 66.0 Å². The van der Waals surface area contributed by atoms with E-state index in [1.165, 1.54) is 0 Å². The number of guanidine groups is 1. The van der Waals surface area contributed by atoms with Gasteiger partial charge in [-0.15, -0.1) is 0 Å². The van der Waals surface area contributed by atoms with Crippen molar-refractivity contribution in [3.8, 4) is 0 Å². The van der Waals surface area contributed by atoms with E-state index < -0.39 is 0 Å². The lowest BCUT2D eigenvalue weighted by Crippen LogP contribution is -2.47. The number of unbranched alkanes of at least 4 members (excludes halogenated alkanes) is 3. The molecule has 1 fully saturated rings. The van der Waals surface area contributed by atoms with Gasteiger partial charge < -0.3 is 15.4 Å². The van der Waals surface area contributed by atoms with Crippen LogP contribution in [0.1, 0.15) is 59.8 Å². The van der Waals surface area contributed by atoms with Gasteiger partial charge in [-0.1, -0.05) is 19.8 Å². The van der Waals surface area contributed by atoms with Crippen molar-refractivity contribution in [2.45, 2.75) is 71.9 Å². The second-order valence-electron chi connectivity index (χ2n) is 7.24. The number of nitrogens with zero attached hydrogens (tertiary/aromatic N) is 2. The first-order valence-corrected chi connectivity index (χ1v) is 9.84. The summed E-state index contributed by atoms with van der Waals surface area (Å²) in [6, 6.07) is 1.05. The molecule has 0 radical (unpaired) electrons. The normalized spacial score (nSPS) is 21.6. The first-order chi connectivity index (χ1) is 12.0. The number of aliphatic imine (C=N–C) groups is 1. The van der Waals surface area contributed by atoms with Crippen molar-refractivity contribution in [2.24, 2.45) is 10.9 Å². The highest BCUT2D eigenvalue weighted by Crippen LogP contribution is 2.18. The van der Waals surface area contributed by atoms with Crippen LogP contribution in [0.15, 0.2) is 4.99 Å². The van der Waals surface area contributed by atoms with Gasteiger partial charge in [-0.3, -0.25) is 14.7 Å². The summed E-state index contributed by atoms with van der Waals surface area (Å²) >= 11 is 0. The second kappa shape index (κ2) is 12.1. The Balaban J connectivity index is 2.14. The van der Waals surface area contributed by atoms with Gasteiger partial charge in [0.2, 0.25) is 0 Å². The van der Waals surface area contributed by atoms with Crippen LogP contribution in [0.4, 0.5) is 0 Å². The molecular weight excluding hydrogens is 316 g/mol. The fraction of sp³-hybridized carbons (Fsp3) is 0.895. The number of rotatable bonds is 10.